The fourth-order valence-corrected chi connectivity index (χ4v) is 2.24. The van der Waals surface area contributed by atoms with Crippen LogP contribution in [0.25, 0.3) is 0 Å². The highest BCUT2D eigenvalue weighted by atomic mass is 31.1. The van der Waals surface area contributed by atoms with E-state index in [9.17, 15) is 4.57 Å². The van der Waals surface area contributed by atoms with E-state index in [0.717, 1.165) is 5.30 Å². The minimum absolute atomic E-state index is 0.339. The van der Waals surface area contributed by atoms with Crippen LogP contribution in [0.3, 0.4) is 0 Å². The molecule has 0 heterocycles. The molecule has 0 radical (unpaired) electrons. The van der Waals surface area contributed by atoms with Crippen LogP contribution in [-0.2, 0) is 4.57 Å². The summed E-state index contributed by atoms with van der Waals surface area (Å²) in [6, 6.07) is 6.33. The molecule has 0 spiro atoms. The molecule has 0 bridgehead atoms. The fraction of sp³-hybridized carbons (Fsp3) is 0.500. The van der Waals surface area contributed by atoms with Gasteiger partial charge in [0.1, 0.15) is 0 Å². The molecule has 14 heavy (non-hydrogen) atoms. The smallest absolute Gasteiger partial charge is 0.0707 e. The Balaban J connectivity index is 3.18. The molecule has 1 atom stereocenters. The normalized spacial score (nSPS) is 11.6. The molecule has 1 aromatic rings. The summed E-state index contributed by atoms with van der Waals surface area (Å²) >= 11 is 0. The molecule has 1 nitrogen and oxygen atoms in total. The van der Waals surface area contributed by atoms with E-state index in [2.05, 4.69) is 45.9 Å². The lowest BCUT2D eigenvalue weighted by molar-refractivity contribution is 0.602. The highest BCUT2D eigenvalue weighted by Crippen LogP contribution is 2.20. The van der Waals surface area contributed by atoms with E-state index < -0.39 is 0 Å². The molecule has 0 fully saturated rings. The molecule has 0 saturated carbocycles. The Morgan fingerprint density at radius 3 is 2.14 bits per heavy atom. The lowest BCUT2D eigenvalue weighted by Gasteiger charge is -2.08. The van der Waals surface area contributed by atoms with Gasteiger partial charge in [-0.2, -0.15) is 0 Å². The van der Waals surface area contributed by atoms with Gasteiger partial charge in [-0.15, -0.1) is 0 Å². The van der Waals surface area contributed by atoms with Crippen LogP contribution in [0.5, 0.6) is 0 Å². The monoisotopic (exact) mass is 209 g/mol. The molecular weight excluding hydrogens is 191 g/mol. The van der Waals surface area contributed by atoms with E-state index in [1.165, 1.54) is 11.1 Å². The number of hydrogen-bond donors (Lipinski definition) is 0. The Kier molecular flexibility index (Phi) is 3.83. The summed E-state index contributed by atoms with van der Waals surface area (Å²) in [5.74, 6) is 0.957. The Labute approximate surface area is 87.7 Å². The largest absolute Gasteiger partial charge is 0.363 e. The highest BCUT2D eigenvalue weighted by molar-refractivity contribution is 7.34. The Morgan fingerprint density at radius 1 is 1.07 bits per heavy atom. The van der Waals surface area contributed by atoms with Gasteiger partial charge in [-0.25, -0.2) is 0 Å². The van der Waals surface area contributed by atoms with E-state index in [1.807, 2.05) is 0 Å². The summed E-state index contributed by atoms with van der Waals surface area (Å²) in [6.07, 6.45) is 0. The summed E-state index contributed by atoms with van der Waals surface area (Å²) in [7, 11) is -0.339. The Hall–Kier alpha value is -0.680. The lowest BCUT2D eigenvalue weighted by atomic mass is 9.97. The molecule has 0 aliphatic carbocycles. The quantitative estimate of drug-likeness (QED) is 0.695. The Bertz CT molecular complexity index is 329. The van der Waals surface area contributed by atoms with E-state index in [4.69, 9.17) is 0 Å². The molecule has 0 aliphatic rings. The van der Waals surface area contributed by atoms with Crippen LogP contribution >= 0.6 is 8.46 Å². The molecule has 1 rings (SSSR count). The predicted octanol–water partition coefficient (Wildman–Crippen LogP) is 3.58. The number of benzene rings is 1. The second kappa shape index (κ2) is 4.70. The van der Waals surface area contributed by atoms with Crippen molar-refractivity contribution in [3.05, 3.63) is 29.3 Å². The predicted molar refractivity (Wildman–Crippen MR) is 63.3 cm³/mol. The number of hydrogen-bond acceptors (Lipinski definition) is 1. The summed E-state index contributed by atoms with van der Waals surface area (Å²) in [6.45, 7) is 8.58. The molecular formula is C12H18OP+. The van der Waals surface area contributed by atoms with Crippen molar-refractivity contribution in [2.75, 3.05) is 0 Å². The summed E-state index contributed by atoms with van der Waals surface area (Å²) in [4.78, 5) is 0. The van der Waals surface area contributed by atoms with Crippen LogP contribution in [0.15, 0.2) is 18.2 Å². The van der Waals surface area contributed by atoms with Crippen LogP contribution in [-0.4, -0.2) is 0 Å². The summed E-state index contributed by atoms with van der Waals surface area (Å²) in [5, 5.41) is 0.992. The summed E-state index contributed by atoms with van der Waals surface area (Å²) in [5.41, 5.74) is 2.48. The van der Waals surface area contributed by atoms with Crippen molar-refractivity contribution in [3.63, 3.8) is 0 Å². The first-order valence-electron chi connectivity index (χ1n) is 5.08. The second-order valence-electron chi connectivity index (χ2n) is 4.26. The van der Waals surface area contributed by atoms with Crippen LogP contribution in [0.1, 0.15) is 50.7 Å². The maximum atomic E-state index is 11.1. The topological polar surface area (TPSA) is 17.1 Å². The van der Waals surface area contributed by atoms with Crippen molar-refractivity contribution in [3.8, 4) is 0 Å². The van der Waals surface area contributed by atoms with E-state index in [-0.39, 0.29) is 8.46 Å². The molecule has 76 valence electrons. The van der Waals surface area contributed by atoms with Crippen molar-refractivity contribution >= 4 is 13.8 Å². The maximum Gasteiger partial charge on any atom is 0.363 e. The van der Waals surface area contributed by atoms with Gasteiger partial charge in [0.15, 0.2) is 5.30 Å². The van der Waals surface area contributed by atoms with Gasteiger partial charge in [0.25, 0.3) is 0 Å². The minimum atomic E-state index is -0.339. The van der Waals surface area contributed by atoms with Gasteiger partial charge in [-0.3, -0.25) is 0 Å². The van der Waals surface area contributed by atoms with E-state index >= 15 is 0 Å². The standard InChI is InChI=1S/C12H17OP/c1-8(2)10-5-6-11(9(3)4)12(7-10)14-13/h5-9H,1-4H3/p+1. The average Bonchev–Trinajstić information content (AvgIpc) is 2.16. The van der Waals surface area contributed by atoms with Gasteiger partial charge in [-0.1, -0.05) is 44.4 Å². The zero-order valence-corrected chi connectivity index (χ0v) is 10.3. The van der Waals surface area contributed by atoms with Crippen LogP contribution in [0, 0.1) is 0 Å². The molecule has 0 N–H and O–H groups in total. The molecule has 0 saturated heterocycles. The highest BCUT2D eigenvalue weighted by Gasteiger charge is 2.14. The molecule has 0 aromatic heterocycles. The van der Waals surface area contributed by atoms with Crippen molar-refractivity contribution < 1.29 is 4.57 Å². The van der Waals surface area contributed by atoms with Crippen molar-refractivity contribution in [1.82, 2.24) is 0 Å². The minimum Gasteiger partial charge on any atom is -0.0707 e. The first-order valence-corrected chi connectivity index (χ1v) is 5.99. The van der Waals surface area contributed by atoms with Gasteiger partial charge in [-0.05, 0) is 23.5 Å². The zero-order chi connectivity index (χ0) is 10.7. The second-order valence-corrected chi connectivity index (χ2v) is 5.00. The first-order chi connectivity index (χ1) is 6.56. The maximum absolute atomic E-state index is 11.1. The van der Waals surface area contributed by atoms with Gasteiger partial charge in [0, 0.05) is 5.56 Å². The SMILES string of the molecule is CC(C)c1ccc(C(C)C)c([PH+]=O)c1. The fourth-order valence-electron chi connectivity index (χ4n) is 1.52. The Morgan fingerprint density at radius 2 is 1.71 bits per heavy atom. The number of rotatable bonds is 3. The third-order valence-corrected chi connectivity index (χ3v) is 3.13. The lowest BCUT2D eigenvalue weighted by Crippen LogP contribution is -2.06. The van der Waals surface area contributed by atoms with Crippen LogP contribution in [0.2, 0.25) is 0 Å². The van der Waals surface area contributed by atoms with Crippen LogP contribution < -0.4 is 5.30 Å². The van der Waals surface area contributed by atoms with Gasteiger partial charge < -0.3 is 0 Å². The van der Waals surface area contributed by atoms with Crippen LogP contribution in [0.4, 0.5) is 0 Å². The van der Waals surface area contributed by atoms with Gasteiger partial charge >= 0.3 is 8.46 Å². The van der Waals surface area contributed by atoms with Crippen molar-refractivity contribution in [1.29, 1.82) is 0 Å². The van der Waals surface area contributed by atoms with E-state index in [0.29, 0.717) is 11.8 Å². The average molecular weight is 209 g/mol. The zero-order valence-electron chi connectivity index (χ0n) is 9.29. The van der Waals surface area contributed by atoms with Crippen molar-refractivity contribution in [2.24, 2.45) is 0 Å². The molecule has 0 amide bonds. The third-order valence-electron chi connectivity index (χ3n) is 2.48. The molecule has 0 aliphatic heterocycles. The molecule has 1 unspecified atom stereocenters. The van der Waals surface area contributed by atoms with Crippen molar-refractivity contribution in [2.45, 2.75) is 39.5 Å². The first kappa shape index (κ1) is 11.4. The van der Waals surface area contributed by atoms with E-state index in [1.54, 1.807) is 0 Å². The molecule has 1 aromatic carbocycles. The van der Waals surface area contributed by atoms with Gasteiger partial charge in [0.2, 0.25) is 0 Å². The molecule has 2 heteroatoms. The summed E-state index contributed by atoms with van der Waals surface area (Å²) < 4.78 is 11.1. The van der Waals surface area contributed by atoms with Gasteiger partial charge in [0.05, 0.1) is 0 Å². The third kappa shape index (κ3) is 2.42.